The van der Waals surface area contributed by atoms with Gasteiger partial charge in [-0.25, -0.2) is 0 Å². The number of amides is 2. The first-order chi connectivity index (χ1) is 9.10. The van der Waals surface area contributed by atoms with Crippen LogP contribution in [0.2, 0.25) is 0 Å². The third kappa shape index (κ3) is 4.82. The molecule has 0 aromatic carbocycles. The molecule has 1 unspecified atom stereocenters. The molecule has 3 N–H and O–H groups in total. The number of carbonyl (C=O) groups excluding carboxylic acids is 2. The Morgan fingerprint density at radius 2 is 1.95 bits per heavy atom. The van der Waals surface area contributed by atoms with Crippen LogP contribution in [0.1, 0.15) is 46.0 Å². The first-order valence-electron chi connectivity index (χ1n) is 7.42. The first kappa shape index (κ1) is 16.0. The molecule has 19 heavy (non-hydrogen) atoms. The van der Waals surface area contributed by atoms with Crippen molar-refractivity contribution < 1.29 is 9.59 Å². The molecule has 0 aliphatic carbocycles. The molecule has 1 aliphatic heterocycles. The monoisotopic (exact) mass is 269 g/mol. The molecule has 2 amide bonds. The molecule has 5 heteroatoms. The fourth-order valence-electron chi connectivity index (χ4n) is 2.30. The van der Waals surface area contributed by atoms with E-state index in [1.54, 1.807) is 4.90 Å². The van der Waals surface area contributed by atoms with E-state index in [-0.39, 0.29) is 17.7 Å². The summed E-state index contributed by atoms with van der Waals surface area (Å²) in [6.45, 7) is 6.08. The zero-order chi connectivity index (χ0) is 14.3. The van der Waals surface area contributed by atoms with Crippen LogP contribution in [0.3, 0.4) is 0 Å². The van der Waals surface area contributed by atoms with Gasteiger partial charge in [0, 0.05) is 25.6 Å². The summed E-state index contributed by atoms with van der Waals surface area (Å²) >= 11 is 0. The third-order valence-electron chi connectivity index (χ3n) is 3.76. The van der Waals surface area contributed by atoms with Gasteiger partial charge in [-0.1, -0.05) is 20.3 Å². The molecule has 0 spiro atoms. The molecule has 1 atom stereocenters. The van der Waals surface area contributed by atoms with Crippen molar-refractivity contribution in [2.45, 2.75) is 52.0 Å². The van der Waals surface area contributed by atoms with Crippen LogP contribution in [0.5, 0.6) is 0 Å². The molecule has 0 radical (unpaired) electrons. The van der Waals surface area contributed by atoms with Crippen molar-refractivity contribution in [3.05, 3.63) is 0 Å². The van der Waals surface area contributed by atoms with E-state index in [0.29, 0.717) is 19.5 Å². The molecular weight excluding hydrogens is 242 g/mol. The second-order valence-electron chi connectivity index (χ2n) is 5.26. The van der Waals surface area contributed by atoms with E-state index in [4.69, 9.17) is 5.73 Å². The van der Waals surface area contributed by atoms with E-state index in [2.05, 4.69) is 12.2 Å². The van der Waals surface area contributed by atoms with Crippen LogP contribution in [0, 0.1) is 5.92 Å². The minimum atomic E-state index is -0.394. The van der Waals surface area contributed by atoms with Crippen LogP contribution < -0.4 is 11.1 Å². The molecular formula is C14H27N3O2. The minimum absolute atomic E-state index is 0.0207. The van der Waals surface area contributed by atoms with Gasteiger partial charge in [-0.2, -0.15) is 0 Å². The second-order valence-corrected chi connectivity index (χ2v) is 5.26. The summed E-state index contributed by atoms with van der Waals surface area (Å²) in [6.07, 6.45) is 4.27. The second kappa shape index (κ2) is 8.15. The quantitative estimate of drug-likeness (QED) is 0.703. The number of nitrogens with zero attached hydrogens (tertiary/aromatic N) is 1. The van der Waals surface area contributed by atoms with E-state index >= 15 is 0 Å². The molecule has 5 nitrogen and oxygen atoms in total. The number of nitrogens with one attached hydrogen (secondary N) is 1. The Labute approximate surface area is 115 Å². The van der Waals surface area contributed by atoms with E-state index in [1.807, 2.05) is 6.92 Å². The summed E-state index contributed by atoms with van der Waals surface area (Å²) in [5, 5.41) is 2.96. The molecule has 1 saturated heterocycles. The summed E-state index contributed by atoms with van der Waals surface area (Å²) in [5.41, 5.74) is 5.75. The maximum atomic E-state index is 11.9. The predicted octanol–water partition coefficient (Wildman–Crippen LogP) is 0.879. The maximum absolute atomic E-state index is 11.9. The Morgan fingerprint density at radius 1 is 1.32 bits per heavy atom. The van der Waals surface area contributed by atoms with Crippen molar-refractivity contribution in [1.82, 2.24) is 10.2 Å². The molecule has 1 fully saturated rings. The summed E-state index contributed by atoms with van der Waals surface area (Å²) in [5.74, 6) is 0.214. The SMILES string of the molecule is CCCCNC(=O)C1CCN(C(=O)C(N)CC)CC1. The van der Waals surface area contributed by atoms with Gasteiger partial charge in [0.15, 0.2) is 0 Å². The van der Waals surface area contributed by atoms with Gasteiger partial charge in [-0.05, 0) is 25.7 Å². The molecule has 1 rings (SSSR count). The lowest BCUT2D eigenvalue weighted by atomic mass is 9.95. The number of hydrogen-bond donors (Lipinski definition) is 2. The smallest absolute Gasteiger partial charge is 0.239 e. The van der Waals surface area contributed by atoms with Crippen LogP contribution in [0.15, 0.2) is 0 Å². The van der Waals surface area contributed by atoms with Crippen molar-refractivity contribution in [2.75, 3.05) is 19.6 Å². The van der Waals surface area contributed by atoms with Crippen LogP contribution >= 0.6 is 0 Å². The highest BCUT2D eigenvalue weighted by atomic mass is 16.2. The van der Waals surface area contributed by atoms with Gasteiger partial charge in [-0.3, -0.25) is 9.59 Å². The van der Waals surface area contributed by atoms with Gasteiger partial charge in [-0.15, -0.1) is 0 Å². The summed E-state index contributed by atoms with van der Waals surface area (Å²) in [7, 11) is 0. The Kier molecular flexibility index (Phi) is 6.84. The normalized spacial score (nSPS) is 18.2. The number of carbonyl (C=O) groups is 2. The summed E-state index contributed by atoms with van der Waals surface area (Å²) < 4.78 is 0. The number of likely N-dealkylation sites (tertiary alicyclic amines) is 1. The number of rotatable bonds is 6. The van der Waals surface area contributed by atoms with Gasteiger partial charge in [0.2, 0.25) is 11.8 Å². The molecule has 0 aromatic rings. The van der Waals surface area contributed by atoms with E-state index in [9.17, 15) is 9.59 Å². The lowest BCUT2D eigenvalue weighted by molar-refractivity contribution is -0.136. The first-order valence-corrected chi connectivity index (χ1v) is 7.42. The average molecular weight is 269 g/mol. The zero-order valence-corrected chi connectivity index (χ0v) is 12.2. The minimum Gasteiger partial charge on any atom is -0.356 e. The Hall–Kier alpha value is -1.10. The number of unbranched alkanes of at least 4 members (excludes halogenated alkanes) is 1. The summed E-state index contributed by atoms with van der Waals surface area (Å²) in [4.78, 5) is 25.6. The maximum Gasteiger partial charge on any atom is 0.239 e. The van der Waals surface area contributed by atoms with Gasteiger partial charge < -0.3 is 16.0 Å². The van der Waals surface area contributed by atoms with Crippen molar-refractivity contribution in [3.8, 4) is 0 Å². The van der Waals surface area contributed by atoms with Crippen molar-refractivity contribution >= 4 is 11.8 Å². The van der Waals surface area contributed by atoms with Crippen LogP contribution in [0.4, 0.5) is 0 Å². The number of hydrogen-bond acceptors (Lipinski definition) is 3. The van der Waals surface area contributed by atoms with Crippen LogP contribution in [0.25, 0.3) is 0 Å². The van der Waals surface area contributed by atoms with Crippen LogP contribution in [-0.2, 0) is 9.59 Å². The standard InChI is InChI=1S/C14H27N3O2/c1-3-5-8-16-13(18)11-6-9-17(10-7-11)14(19)12(15)4-2/h11-12H,3-10,15H2,1-2H3,(H,16,18). The largest absolute Gasteiger partial charge is 0.356 e. The number of piperidine rings is 1. The highest BCUT2D eigenvalue weighted by Gasteiger charge is 2.28. The molecule has 0 aromatic heterocycles. The topological polar surface area (TPSA) is 75.4 Å². The van der Waals surface area contributed by atoms with Crippen LogP contribution in [-0.4, -0.2) is 42.4 Å². The molecule has 0 saturated carbocycles. The molecule has 0 bridgehead atoms. The Morgan fingerprint density at radius 3 is 2.47 bits per heavy atom. The molecule has 110 valence electrons. The Balaban J connectivity index is 2.32. The highest BCUT2D eigenvalue weighted by molar-refractivity contribution is 5.82. The lowest BCUT2D eigenvalue weighted by Crippen LogP contribution is -2.48. The van der Waals surface area contributed by atoms with Gasteiger partial charge in [0.25, 0.3) is 0 Å². The van der Waals surface area contributed by atoms with Gasteiger partial charge in [0.1, 0.15) is 0 Å². The fourth-order valence-corrected chi connectivity index (χ4v) is 2.30. The van der Waals surface area contributed by atoms with Crippen molar-refractivity contribution in [1.29, 1.82) is 0 Å². The van der Waals surface area contributed by atoms with Gasteiger partial charge >= 0.3 is 0 Å². The van der Waals surface area contributed by atoms with E-state index < -0.39 is 6.04 Å². The van der Waals surface area contributed by atoms with E-state index in [1.165, 1.54) is 0 Å². The van der Waals surface area contributed by atoms with E-state index in [0.717, 1.165) is 32.2 Å². The Bertz CT molecular complexity index is 299. The zero-order valence-electron chi connectivity index (χ0n) is 12.2. The number of nitrogens with two attached hydrogens (primary N) is 1. The fraction of sp³-hybridized carbons (Fsp3) is 0.857. The highest BCUT2D eigenvalue weighted by Crippen LogP contribution is 2.18. The third-order valence-corrected chi connectivity index (χ3v) is 3.76. The molecule has 1 aliphatic rings. The summed E-state index contributed by atoms with van der Waals surface area (Å²) in [6, 6.07) is -0.394. The lowest BCUT2D eigenvalue weighted by Gasteiger charge is -2.32. The predicted molar refractivity (Wildman–Crippen MR) is 75.5 cm³/mol. The van der Waals surface area contributed by atoms with Crippen molar-refractivity contribution in [3.63, 3.8) is 0 Å². The molecule has 1 heterocycles. The average Bonchev–Trinajstić information content (AvgIpc) is 2.46. The van der Waals surface area contributed by atoms with Gasteiger partial charge in [0.05, 0.1) is 6.04 Å². The van der Waals surface area contributed by atoms with Crippen molar-refractivity contribution in [2.24, 2.45) is 11.7 Å².